The molecule has 2 rings (SSSR count). The molecule has 0 aliphatic heterocycles. The average molecular weight is 271 g/mol. The van der Waals surface area contributed by atoms with Gasteiger partial charge in [0, 0.05) is 11.4 Å². The number of pyridine rings is 1. The smallest absolute Gasteiger partial charge is 0.340 e. The number of aryl methyl sites for hydroxylation is 2. The molecule has 5 heteroatoms. The van der Waals surface area contributed by atoms with E-state index >= 15 is 0 Å². The highest BCUT2D eigenvalue weighted by molar-refractivity contribution is 5.97. The molecule has 1 aromatic carbocycles. The van der Waals surface area contributed by atoms with Crippen LogP contribution in [0.15, 0.2) is 30.3 Å². The van der Waals surface area contributed by atoms with Crippen LogP contribution in [0.1, 0.15) is 21.7 Å². The van der Waals surface area contributed by atoms with Gasteiger partial charge in [-0.05, 0) is 44.2 Å². The minimum atomic E-state index is -0.433. The van der Waals surface area contributed by atoms with Crippen molar-refractivity contribution in [3.63, 3.8) is 0 Å². The maximum absolute atomic E-state index is 11.8. The molecular formula is C15H17N3O2. The second-order valence-electron chi connectivity index (χ2n) is 4.51. The van der Waals surface area contributed by atoms with Crippen molar-refractivity contribution in [3.8, 4) is 0 Å². The topological polar surface area (TPSA) is 77.2 Å². The van der Waals surface area contributed by atoms with E-state index < -0.39 is 5.97 Å². The fraction of sp³-hybridized carbons (Fsp3) is 0.200. The lowest BCUT2D eigenvalue weighted by molar-refractivity contribution is 0.0602. The lowest BCUT2D eigenvalue weighted by Crippen LogP contribution is -2.07. The average Bonchev–Trinajstić information content (AvgIpc) is 2.42. The molecule has 104 valence electrons. The summed E-state index contributed by atoms with van der Waals surface area (Å²) >= 11 is 0. The van der Waals surface area contributed by atoms with Gasteiger partial charge in [-0.3, -0.25) is 4.98 Å². The van der Waals surface area contributed by atoms with Gasteiger partial charge in [0.25, 0.3) is 0 Å². The van der Waals surface area contributed by atoms with Crippen molar-refractivity contribution < 1.29 is 9.53 Å². The molecule has 0 amide bonds. The van der Waals surface area contributed by atoms with Gasteiger partial charge in [0.2, 0.25) is 0 Å². The summed E-state index contributed by atoms with van der Waals surface area (Å²) in [6.07, 6.45) is 0. The largest absolute Gasteiger partial charge is 0.465 e. The number of nitrogens with one attached hydrogen (secondary N) is 1. The van der Waals surface area contributed by atoms with Crippen molar-refractivity contribution in [2.24, 2.45) is 0 Å². The SMILES string of the molecule is COC(=O)c1cc(N)ccc1Nc1ccc(C)nc1C. The van der Waals surface area contributed by atoms with E-state index in [1.165, 1.54) is 7.11 Å². The van der Waals surface area contributed by atoms with Gasteiger partial charge in [-0.1, -0.05) is 0 Å². The molecule has 1 aromatic heterocycles. The van der Waals surface area contributed by atoms with Gasteiger partial charge < -0.3 is 15.8 Å². The summed E-state index contributed by atoms with van der Waals surface area (Å²) in [4.78, 5) is 16.2. The Hall–Kier alpha value is -2.56. The van der Waals surface area contributed by atoms with Crippen molar-refractivity contribution in [1.29, 1.82) is 0 Å². The first-order valence-corrected chi connectivity index (χ1v) is 6.20. The Labute approximate surface area is 117 Å². The normalized spacial score (nSPS) is 10.2. The van der Waals surface area contributed by atoms with E-state index in [4.69, 9.17) is 10.5 Å². The van der Waals surface area contributed by atoms with Crippen LogP contribution < -0.4 is 11.1 Å². The van der Waals surface area contributed by atoms with Gasteiger partial charge in [0.1, 0.15) is 0 Å². The molecular weight excluding hydrogens is 254 g/mol. The van der Waals surface area contributed by atoms with Gasteiger partial charge in [0.05, 0.1) is 29.7 Å². The van der Waals surface area contributed by atoms with Crippen molar-refractivity contribution >= 4 is 23.0 Å². The van der Waals surface area contributed by atoms with E-state index in [-0.39, 0.29) is 0 Å². The fourth-order valence-corrected chi connectivity index (χ4v) is 1.91. The van der Waals surface area contributed by atoms with Gasteiger partial charge >= 0.3 is 5.97 Å². The number of nitrogens with zero attached hydrogens (tertiary/aromatic N) is 1. The van der Waals surface area contributed by atoms with Crippen LogP contribution in [0.25, 0.3) is 0 Å². The molecule has 0 fully saturated rings. The van der Waals surface area contributed by atoms with E-state index in [1.807, 2.05) is 26.0 Å². The van der Waals surface area contributed by atoms with Crippen LogP contribution in [-0.4, -0.2) is 18.1 Å². The van der Waals surface area contributed by atoms with Gasteiger partial charge in [0.15, 0.2) is 0 Å². The predicted octanol–water partition coefficient (Wildman–Crippen LogP) is 2.81. The number of nitrogens with two attached hydrogens (primary N) is 1. The number of nitrogen functional groups attached to an aromatic ring is 1. The minimum absolute atomic E-state index is 0.396. The van der Waals surface area contributed by atoms with Gasteiger partial charge in [-0.2, -0.15) is 0 Å². The van der Waals surface area contributed by atoms with E-state index in [0.717, 1.165) is 17.1 Å². The maximum atomic E-state index is 11.8. The molecule has 0 saturated carbocycles. The second-order valence-corrected chi connectivity index (χ2v) is 4.51. The zero-order valence-electron chi connectivity index (χ0n) is 11.7. The molecule has 0 saturated heterocycles. The number of aromatic nitrogens is 1. The first kappa shape index (κ1) is 13.9. The van der Waals surface area contributed by atoms with Gasteiger partial charge in [-0.15, -0.1) is 0 Å². The molecule has 2 aromatic rings. The number of ether oxygens (including phenoxy) is 1. The van der Waals surface area contributed by atoms with Crippen LogP contribution in [0.5, 0.6) is 0 Å². The number of anilines is 3. The zero-order chi connectivity index (χ0) is 14.7. The molecule has 3 N–H and O–H groups in total. The molecule has 0 spiro atoms. The van der Waals surface area contributed by atoms with Crippen LogP contribution in [0.2, 0.25) is 0 Å². The first-order valence-electron chi connectivity index (χ1n) is 6.20. The summed E-state index contributed by atoms with van der Waals surface area (Å²) in [6.45, 7) is 3.84. The standard InChI is InChI=1S/C15H17N3O2/c1-9-4-6-13(10(2)17-9)18-14-7-5-11(16)8-12(14)15(19)20-3/h4-8,18H,16H2,1-3H3. The van der Waals surface area contributed by atoms with Crippen molar-refractivity contribution in [2.45, 2.75) is 13.8 Å². The van der Waals surface area contributed by atoms with Crippen LogP contribution >= 0.6 is 0 Å². The number of hydrogen-bond acceptors (Lipinski definition) is 5. The second kappa shape index (κ2) is 5.61. The molecule has 0 unspecified atom stereocenters. The van der Waals surface area contributed by atoms with E-state index in [2.05, 4.69) is 10.3 Å². The van der Waals surface area contributed by atoms with E-state index in [0.29, 0.717) is 16.9 Å². The van der Waals surface area contributed by atoms with Crippen LogP contribution in [-0.2, 0) is 4.74 Å². The highest BCUT2D eigenvalue weighted by Gasteiger charge is 2.13. The number of carbonyl (C=O) groups excluding carboxylic acids is 1. The summed E-state index contributed by atoms with van der Waals surface area (Å²) < 4.78 is 4.77. The third-order valence-corrected chi connectivity index (χ3v) is 2.94. The first-order chi connectivity index (χ1) is 9.51. The zero-order valence-corrected chi connectivity index (χ0v) is 11.7. The number of rotatable bonds is 3. The van der Waals surface area contributed by atoms with E-state index in [1.54, 1.807) is 18.2 Å². The van der Waals surface area contributed by atoms with Crippen LogP contribution in [0.3, 0.4) is 0 Å². The highest BCUT2D eigenvalue weighted by Crippen LogP contribution is 2.25. The predicted molar refractivity (Wildman–Crippen MR) is 79.2 cm³/mol. The summed E-state index contributed by atoms with van der Waals surface area (Å²) in [5.74, 6) is -0.433. The Bertz CT molecular complexity index is 654. The van der Waals surface area contributed by atoms with Gasteiger partial charge in [-0.25, -0.2) is 4.79 Å². The molecule has 0 atom stereocenters. The highest BCUT2D eigenvalue weighted by atomic mass is 16.5. The molecule has 1 heterocycles. The number of esters is 1. The number of benzene rings is 1. The number of hydrogen-bond donors (Lipinski definition) is 2. The summed E-state index contributed by atoms with van der Waals surface area (Å²) in [6, 6.07) is 8.90. The molecule has 0 aliphatic rings. The summed E-state index contributed by atoms with van der Waals surface area (Å²) in [5, 5.41) is 3.19. The Morgan fingerprint density at radius 2 is 1.90 bits per heavy atom. The molecule has 20 heavy (non-hydrogen) atoms. The Balaban J connectivity index is 2.40. The maximum Gasteiger partial charge on any atom is 0.340 e. The van der Waals surface area contributed by atoms with Crippen molar-refractivity contribution in [2.75, 3.05) is 18.2 Å². The lowest BCUT2D eigenvalue weighted by Gasteiger charge is -2.13. The fourth-order valence-electron chi connectivity index (χ4n) is 1.91. The summed E-state index contributed by atoms with van der Waals surface area (Å²) in [7, 11) is 1.34. The summed E-state index contributed by atoms with van der Waals surface area (Å²) in [5.41, 5.74) is 9.90. The lowest BCUT2D eigenvalue weighted by atomic mass is 10.1. The quantitative estimate of drug-likeness (QED) is 0.663. The molecule has 0 bridgehead atoms. The number of carbonyl (C=O) groups is 1. The molecule has 0 aliphatic carbocycles. The van der Waals surface area contributed by atoms with Crippen molar-refractivity contribution in [1.82, 2.24) is 4.98 Å². The molecule has 0 radical (unpaired) electrons. The number of methoxy groups -OCH3 is 1. The monoisotopic (exact) mass is 271 g/mol. The van der Waals surface area contributed by atoms with Crippen LogP contribution in [0, 0.1) is 13.8 Å². The van der Waals surface area contributed by atoms with Crippen molar-refractivity contribution in [3.05, 3.63) is 47.3 Å². The third-order valence-electron chi connectivity index (χ3n) is 2.94. The Morgan fingerprint density at radius 3 is 2.55 bits per heavy atom. The third kappa shape index (κ3) is 2.88. The Morgan fingerprint density at radius 1 is 1.20 bits per heavy atom. The minimum Gasteiger partial charge on any atom is -0.465 e. The molecule has 5 nitrogen and oxygen atoms in total. The Kier molecular flexibility index (Phi) is 3.89. The van der Waals surface area contributed by atoms with E-state index in [9.17, 15) is 4.79 Å². The van der Waals surface area contributed by atoms with Crippen LogP contribution in [0.4, 0.5) is 17.1 Å².